The fourth-order valence-corrected chi connectivity index (χ4v) is 3.35. The van der Waals surface area contributed by atoms with Crippen LogP contribution in [-0.2, 0) is 11.3 Å². The number of benzene rings is 2. The van der Waals surface area contributed by atoms with Gasteiger partial charge in [0.05, 0.1) is 0 Å². The number of amides is 1. The van der Waals surface area contributed by atoms with Gasteiger partial charge in [0, 0.05) is 32.7 Å². The molecule has 1 amide bonds. The number of carbonyl (C=O) groups is 1. The van der Waals surface area contributed by atoms with Crippen molar-refractivity contribution >= 4 is 17.6 Å². The molecule has 0 spiro atoms. The summed E-state index contributed by atoms with van der Waals surface area (Å²) < 4.78 is 33.4. The highest BCUT2D eigenvalue weighted by Gasteiger charge is 2.27. The first kappa shape index (κ1) is 21.4. The van der Waals surface area contributed by atoms with E-state index in [2.05, 4.69) is 15.6 Å². The predicted molar refractivity (Wildman–Crippen MR) is 111 cm³/mol. The predicted octanol–water partition coefficient (Wildman–Crippen LogP) is 1.77. The normalized spacial score (nSPS) is 16.4. The van der Waals surface area contributed by atoms with E-state index in [0.29, 0.717) is 31.3 Å². The number of para-hydroxylation sites is 1. The SMILES string of the molecule is CN=C(NCc1cccc(OCC(N)=O)c1)NC1CCN(c2c(F)cccc2F)C1. The smallest absolute Gasteiger partial charge is 0.255 e. The van der Waals surface area contributed by atoms with Crippen molar-refractivity contribution in [3.05, 3.63) is 59.7 Å². The third-order valence-corrected chi connectivity index (χ3v) is 4.75. The van der Waals surface area contributed by atoms with Gasteiger partial charge in [-0.15, -0.1) is 0 Å². The molecule has 2 aromatic carbocycles. The van der Waals surface area contributed by atoms with Crippen molar-refractivity contribution in [2.24, 2.45) is 10.7 Å². The minimum Gasteiger partial charge on any atom is -0.484 e. The molecular weight excluding hydrogens is 392 g/mol. The topological polar surface area (TPSA) is 92.0 Å². The highest BCUT2D eigenvalue weighted by Crippen LogP contribution is 2.26. The van der Waals surface area contributed by atoms with Crippen molar-refractivity contribution in [2.45, 2.75) is 19.0 Å². The molecule has 1 aliphatic heterocycles. The highest BCUT2D eigenvalue weighted by molar-refractivity contribution is 5.80. The number of guanidine groups is 1. The van der Waals surface area contributed by atoms with Crippen LogP contribution in [0.15, 0.2) is 47.5 Å². The van der Waals surface area contributed by atoms with Crippen LogP contribution in [0.25, 0.3) is 0 Å². The number of hydrogen-bond donors (Lipinski definition) is 3. The number of rotatable bonds is 7. The monoisotopic (exact) mass is 417 g/mol. The third kappa shape index (κ3) is 5.59. The molecule has 160 valence electrons. The first-order valence-electron chi connectivity index (χ1n) is 9.62. The van der Waals surface area contributed by atoms with Crippen LogP contribution in [0.1, 0.15) is 12.0 Å². The van der Waals surface area contributed by atoms with Crippen molar-refractivity contribution in [1.82, 2.24) is 10.6 Å². The Hall–Kier alpha value is -3.36. The summed E-state index contributed by atoms with van der Waals surface area (Å²) in [5.41, 5.74) is 6.03. The molecule has 1 heterocycles. The zero-order valence-electron chi connectivity index (χ0n) is 16.7. The quantitative estimate of drug-likeness (QED) is 0.472. The summed E-state index contributed by atoms with van der Waals surface area (Å²) in [7, 11) is 1.66. The number of nitrogens with two attached hydrogens (primary N) is 1. The van der Waals surface area contributed by atoms with Gasteiger partial charge in [0.15, 0.2) is 12.6 Å². The van der Waals surface area contributed by atoms with E-state index >= 15 is 0 Å². The zero-order chi connectivity index (χ0) is 21.5. The van der Waals surface area contributed by atoms with E-state index in [1.807, 2.05) is 18.2 Å². The Labute approximate surface area is 173 Å². The summed E-state index contributed by atoms with van der Waals surface area (Å²) in [4.78, 5) is 16.8. The van der Waals surface area contributed by atoms with Gasteiger partial charge in [0.1, 0.15) is 23.1 Å². The maximum absolute atomic E-state index is 14.0. The molecule has 0 radical (unpaired) electrons. The van der Waals surface area contributed by atoms with Crippen molar-refractivity contribution in [3.8, 4) is 5.75 Å². The summed E-state index contributed by atoms with van der Waals surface area (Å²) in [6.07, 6.45) is 0.727. The van der Waals surface area contributed by atoms with Crippen molar-refractivity contribution in [2.75, 3.05) is 31.6 Å². The number of halogens is 2. The lowest BCUT2D eigenvalue weighted by molar-refractivity contribution is -0.119. The molecule has 1 aliphatic rings. The molecule has 1 fully saturated rings. The zero-order valence-corrected chi connectivity index (χ0v) is 16.7. The third-order valence-electron chi connectivity index (χ3n) is 4.75. The number of hydrogen-bond acceptors (Lipinski definition) is 4. The average Bonchev–Trinajstić information content (AvgIpc) is 3.17. The van der Waals surface area contributed by atoms with Gasteiger partial charge in [-0.05, 0) is 36.2 Å². The van der Waals surface area contributed by atoms with Gasteiger partial charge in [-0.3, -0.25) is 9.79 Å². The highest BCUT2D eigenvalue weighted by atomic mass is 19.1. The molecule has 3 rings (SSSR count). The average molecular weight is 417 g/mol. The van der Waals surface area contributed by atoms with Crippen LogP contribution in [0.5, 0.6) is 5.75 Å². The number of aliphatic imine (C=N–C) groups is 1. The number of primary amides is 1. The molecule has 1 unspecified atom stereocenters. The maximum atomic E-state index is 14.0. The van der Waals surface area contributed by atoms with Crippen molar-refractivity contribution in [3.63, 3.8) is 0 Å². The van der Waals surface area contributed by atoms with Crippen LogP contribution in [-0.4, -0.2) is 44.7 Å². The molecule has 4 N–H and O–H groups in total. The van der Waals surface area contributed by atoms with Crippen LogP contribution in [0.3, 0.4) is 0 Å². The molecule has 0 bridgehead atoms. The largest absolute Gasteiger partial charge is 0.484 e. The molecule has 2 aromatic rings. The number of nitrogens with one attached hydrogen (secondary N) is 2. The van der Waals surface area contributed by atoms with Gasteiger partial charge in [-0.1, -0.05) is 18.2 Å². The summed E-state index contributed by atoms with van der Waals surface area (Å²) in [6.45, 7) is 1.31. The molecular formula is C21H25F2N5O2. The van der Waals surface area contributed by atoms with Gasteiger partial charge in [0.25, 0.3) is 5.91 Å². The number of carbonyl (C=O) groups excluding carboxylic acids is 1. The van der Waals surface area contributed by atoms with E-state index in [0.717, 1.165) is 12.0 Å². The van der Waals surface area contributed by atoms with Crippen molar-refractivity contribution < 1.29 is 18.3 Å². The molecule has 0 saturated carbocycles. The summed E-state index contributed by atoms with van der Waals surface area (Å²) in [6, 6.07) is 11.2. The number of ether oxygens (including phenoxy) is 1. The van der Waals surface area contributed by atoms with Gasteiger partial charge in [0.2, 0.25) is 0 Å². The Morgan fingerprint density at radius 2 is 2.00 bits per heavy atom. The molecule has 7 nitrogen and oxygen atoms in total. The van der Waals surface area contributed by atoms with Gasteiger partial charge in [-0.25, -0.2) is 8.78 Å². The minimum absolute atomic E-state index is 0.000408. The fraction of sp³-hybridized carbons (Fsp3) is 0.333. The lowest BCUT2D eigenvalue weighted by Crippen LogP contribution is -2.44. The molecule has 1 atom stereocenters. The summed E-state index contributed by atoms with van der Waals surface area (Å²) >= 11 is 0. The lowest BCUT2D eigenvalue weighted by atomic mass is 10.2. The number of nitrogens with zero attached hydrogens (tertiary/aromatic N) is 2. The Bertz CT molecular complexity index is 902. The first-order chi connectivity index (χ1) is 14.5. The van der Waals surface area contributed by atoms with Crippen LogP contribution < -0.4 is 26.0 Å². The van der Waals surface area contributed by atoms with E-state index in [1.165, 1.54) is 18.2 Å². The Balaban J connectivity index is 1.53. The summed E-state index contributed by atoms with van der Waals surface area (Å²) in [5, 5.41) is 6.50. The van der Waals surface area contributed by atoms with Gasteiger partial charge in [-0.2, -0.15) is 0 Å². The molecule has 1 saturated heterocycles. The molecule has 0 aromatic heterocycles. The van der Waals surface area contributed by atoms with Crippen LogP contribution >= 0.6 is 0 Å². The fourth-order valence-electron chi connectivity index (χ4n) is 3.35. The summed E-state index contributed by atoms with van der Waals surface area (Å²) in [5.74, 6) is -0.522. The van der Waals surface area contributed by atoms with E-state index < -0.39 is 17.5 Å². The van der Waals surface area contributed by atoms with E-state index in [1.54, 1.807) is 18.0 Å². The standard InChI is InChI=1S/C21H25F2N5O2/c1-25-21(26-11-14-4-2-5-16(10-14)30-13-19(24)29)27-15-8-9-28(12-15)20-17(22)6-3-7-18(20)23/h2-7,10,15H,8-9,11-13H2,1H3,(H2,24,29)(H2,25,26,27). The van der Waals surface area contributed by atoms with E-state index in [9.17, 15) is 13.6 Å². The van der Waals surface area contributed by atoms with E-state index in [-0.39, 0.29) is 18.3 Å². The Morgan fingerprint density at radius 1 is 1.27 bits per heavy atom. The second-order valence-corrected chi connectivity index (χ2v) is 6.97. The second-order valence-electron chi connectivity index (χ2n) is 6.97. The molecule has 9 heteroatoms. The van der Waals surface area contributed by atoms with Crippen LogP contribution in [0.2, 0.25) is 0 Å². The maximum Gasteiger partial charge on any atom is 0.255 e. The van der Waals surface area contributed by atoms with Gasteiger partial charge < -0.3 is 26.0 Å². The Morgan fingerprint density at radius 3 is 2.70 bits per heavy atom. The first-order valence-corrected chi connectivity index (χ1v) is 9.62. The van der Waals surface area contributed by atoms with E-state index in [4.69, 9.17) is 10.5 Å². The van der Waals surface area contributed by atoms with Gasteiger partial charge >= 0.3 is 0 Å². The minimum atomic E-state index is -0.559. The van der Waals surface area contributed by atoms with Crippen LogP contribution in [0, 0.1) is 11.6 Å². The number of anilines is 1. The molecule has 30 heavy (non-hydrogen) atoms. The molecule has 0 aliphatic carbocycles. The Kier molecular flexibility index (Phi) is 7.05. The van der Waals surface area contributed by atoms with Crippen molar-refractivity contribution in [1.29, 1.82) is 0 Å². The second kappa shape index (κ2) is 9.91. The van der Waals surface area contributed by atoms with Crippen LogP contribution in [0.4, 0.5) is 14.5 Å². The lowest BCUT2D eigenvalue weighted by Gasteiger charge is -2.21.